The SMILES string of the molecule is CCOC(=O)[C@H]1C=CN(Cc2ccccc2)C=C(C#N)[C@H]1C(C(=O)OC)C(=O)OC. The van der Waals surface area contributed by atoms with Crippen molar-refractivity contribution in [1.82, 2.24) is 4.90 Å². The average Bonchev–Trinajstić information content (AvgIpc) is 2.94. The molecular formula is C22H24N2O6. The van der Waals surface area contributed by atoms with Crippen LogP contribution in [0.5, 0.6) is 0 Å². The van der Waals surface area contributed by atoms with E-state index in [4.69, 9.17) is 14.2 Å². The van der Waals surface area contributed by atoms with Gasteiger partial charge in [0, 0.05) is 24.9 Å². The number of nitriles is 1. The van der Waals surface area contributed by atoms with Gasteiger partial charge >= 0.3 is 17.9 Å². The van der Waals surface area contributed by atoms with Crippen molar-refractivity contribution >= 4 is 17.9 Å². The molecule has 158 valence electrons. The van der Waals surface area contributed by atoms with Crippen molar-refractivity contribution in [3.05, 3.63) is 59.9 Å². The third kappa shape index (κ3) is 5.26. The maximum absolute atomic E-state index is 12.7. The molecule has 0 spiro atoms. The van der Waals surface area contributed by atoms with E-state index in [2.05, 4.69) is 0 Å². The highest BCUT2D eigenvalue weighted by Gasteiger charge is 2.46. The first-order chi connectivity index (χ1) is 14.5. The molecule has 2 atom stereocenters. The zero-order valence-electron chi connectivity index (χ0n) is 17.1. The van der Waals surface area contributed by atoms with Crippen molar-refractivity contribution in [2.75, 3.05) is 20.8 Å². The molecule has 1 aromatic rings. The molecule has 0 fully saturated rings. The Bertz CT molecular complexity index is 855. The van der Waals surface area contributed by atoms with Crippen molar-refractivity contribution in [3.63, 3.8) is 0 Å². The average molecular weight is 412 g/mol. The lowest BCUT2D eigenvalue weighted by Gasteiger charge is -2.26. The van der Waals surface area contributed by atoms with E-state index in [0.29, 0.717) is 6.54 Å². The van der Waals surface area contributed by atoms with E-state index >= 15 is 0 Å². The first kappa shape index (κ1) is 22.7. The fourth-order valence-corrected chi connectivity index (χ4v) is 3.31. The minimum atomic E-state index is -1.50. The van der Waals surface area contributed by atoms with Crippen LogP contribution in [0.3, 0.4) is 0 Å². The normalized spacial score (nSPS) is 18.1. The molecule has 1 aliphatic rings. The van der Waals surface area contributed by atoms with Gasteiger partial charge in [0.05, 0.1) is 38.4 Å². The molecule has 8 nitrogen and oxygen atoms in total. The first-order valence-corrected chi connectivity index (χ1v) is 9.38. The Kier molecular flexibility index (Phi) is 8.18. The summed E-state index contributed by atoms with van der Waals surface area (Å²) in [4.78, 5) is 39.3. The van der Waals surface area contributed by atoms with E-state index in [1.54, 1.807) is 18.0 Å². The lowest BCUT2D eigenvalue weighted by molar-refractivity contribution is -0.162. The summed E-state index contributed by atoms with van der Waals surface area (Å²) in [5.74, 6) is -6.13. The topological polar surface area (TPSA) is 106 Å². The first-order valence-electron chi connectivity index (χ1n) is 9.38. The smallest absolute Gasteiger partial charge is 0.320 e. The van der Waals surface area contributed by atoms with Gasteiger partial charge in [-0.1, -0.05) is 36.4 Å². The van der Waals surface area contributed by atoms with Gasteiger partial charge in [-0.05, 0) is 12.5 Å². The van der Waals surface area contributed by atoms with Crippen LogP contribution in [0.4, 0.5) is 0 Å². The number of hydrogen-bond acceptors (Lipinski definition) is 8. The molecule has 0 saturated carbocycles. The second kappa shape index (κ2) is 10.8. The number of esters is 3. The maximum atomic E-state index is 12.7. The molecule has 8 heteroatoms. The van der Waals surface area contributed by atoms with E-state index in [1.165, 1.54) is 12.3 Å². The van der Waals surface area contributed by atoms with Gasteiger partial charge in [0.2, 0.25) is 0 Å². The number of rotatable bonds is 7. The van der Waals surface area contributed by atoms with E-state index in [0.717, 1.165) is 19.8 Å². The van der Waals surface area contributed by atoms with Gasteiger partial charge in [-0.15, -0.1) is 0 Å². The van der Waals surface area contributed by atoms with Gasteiger partial charge in [-0.2, -0.15) is 5.26 Å². The van der Waals surface area contributed by atoms with E-state index in [9.17, 15) is 19.6 Å². The largest absolute Gasteiger partial charge is 0.468 e. The van der Waals surface area contributed by atoms with E-state index in [-0.39, 0.29) is 12.2 Å². The van der Waals surface area contributed by atoms with Crippen LogP contribution in [0.25, 0.3) is 0 Å². The van der Waals surface area contributed by atoms with Gasteiger partial charge in [0.15, 0.2) is 5.92 Å². The Balaban J connectivity index is 2.55. The summed E-state index contributed by atoms with van der Waals surface area (Å²) in [5, 5.41) is 9.83. The molecule has 1 aromatic carbocycles. The Hall–Kier alpha value is -3.60. The zero-order valence-corrected chi connectivity index (χ0v) is 17.1. The summed E-state index contributed by atoms with van der Waals surface area (Å²) >= 11 is 0. The molecule has 30 heavy (non-hydrogen) atoms. The van der Waals surface area contributed by atoms with Crippen LogP contribution in [-0.4, -0.2) is 43.6 Å². The minimum Gasteiger partial charge on any atom is -0.468 e. The number of carbonyl (C=O) groups excluding carboxylic acids is 3. The van der Waals surface area contributed by atoms with Gasteiger partial charge in [0.1, 0.15) is 0 Å². The third-order valence-electron chi connectivity index (χ3n) is 4.70. The summed E-state index contributed by atoms with van der Waals surface area (Å²) in [6, 6.07) is 11.5. The van der Waals surface area contributed by atoms with Crippen molar-refractivity contribution in [2.24, 2.45) is 17.8 Å². The Morgan fingerprint density at radius 3 is 2.30 bits per heavy atom. The predicted molar refractivity (Wildman–Crippen MR) is 106 cm³/mol. The molecule has 0 amide bonds. The van der Waals surface area contributed by atoms with Crippen molar-refractivity contribution in [3.8, 4) is 6.07 Å². The summed E-state index contributed by atoms with van der Waals surface area (Å²) in [5.41, 5.74) is 1.04. The summed E-state index contributed by atoms with van der Waals surface area (Å²) in [6.45, 7) is 2.18. The fraction of sp³-hybridized carbons (Fsp3) is 0.364. The third-order valence-corrected chi connectivity index (χ3v) is 4.70. The predicted octanol–water partition coefficient (Wildman–Crippen LogP) is 2.18. The molecule has 1 heterocycles. The number of ether oxygens (including phenoxy) is 3. The highest BCUT2D eigenvalue weighted by atomic mass is 16.5. The van der Waals surface area contributed by atoms with E-state index < -0.39 is 35.7 Å². The van der Waals surface area contributed by atoms with Gasteiger partial charge in [-0.3, -0.25) is 14.4 Å². The Labute approximate surface area is 175 Å². The number of methoxy groups -OCH3 is 2. The van der Waals surface area contributed by atoms with Crippen molar-refractivity contribution in [1.29, 1.82) is 5.26 Å². The molecule has 0 aromatic heterocycles. The monoisotopic (exact) mass is 412 g/mol. The lowest BCUT2D eigenvalue weighted by Crippen LogP contribution is -2.40. The quantitative estimate of drug-likeness (QED) is 0.381. The molecule has 1 aliphatic heterocycles. The molecule has 0 unspecified atom stereocenters. The summed E-state index contributed by atoms with van der Waals surface area (Å²) < 4.78 is 14.7. The number of allylic oxidation sites excluding steroid dienone is 1. The zero-order chi connectivity index (χ0) is 22.1. The Morgan fingerprint density at radius 2 is 1.77 bits per heavy atom. The number of nitrogens with zero attached hydrogens (tertiary/aromatic N) is 2. The van der Waals surface area contributed by atoms with Crippen LogP contribution in [0.1, 0.15) is 12.5 Å². The standard InChI is InChI=1S/C22H24N2O6/c1-4-30-20(25)17-10-11-24(13-15-8-6-5-7-9-15)14-16(12-23)18(17)19(21(26)28-2)22(27)29-3/h5-11,14,17-19H,4,13H2,1-3H3/t17-,18+/m0/s1. The molecule has 0 N–H and O–H groups in total. The van der Waals surface area contributed by atoms with Crippen LogP contribution in [-0.2, 0) is 35.1 Å². The molecule has 2 rings (SSSR count). The molecular weight excluding hydrogens is 388 g/mol. The van der Waals surface area contributed by atoms with Crippen LogP contribution in [0.2, 0.25) is 0 Å². The van der Waals surface area contributed by atoms with Crippen LogP contribution in [0, 0.1) is 29.1 Å². The molecule has 0 aliphatic carbocycles. The summed E-state index contributed by atoms with van der Waals surface area (Å²) in [6.07, 6.45) is 4.69. The Morgan fingerprint density at radius 1 is 1.13 bits per heavy atom. The van der Waals surface area contributed by atoms with Crippen molar-refractivity contribution < 1.29 is 28.6 Å². The lowest BCUT2D eigenvalue weighted by atomic mass is 9.77. The van der Waals surface area contributed by atoms with Crippen LogP contribution in [0.15, 0.2) is 54.4 Å². The number of carbonyl (C=O) groups is 3. The van der Waals surface area contributed by atoms with Crippen LogP contribution < -0.4 is 0 Å². The summed E-state index contributed by atoms with van der Waals surface area (Å²) in [7, 11) is 2.25. The molecule has 0 bridgehead atoms. The van der Waals surface area contributed by atoms with E-state index in [1.807, 2.05) is 36.4 Å². The highest BCUT2D eigenvalue weighted by molar-refractivity contribution is 5.96. The molecule has 0 saturated heterocycles. The second-order valence-electron chi connectivity index (χ2n) is 6.52. The minimum absolute atomic E-state index is 0.0646. The number of benzene rings is 1. The van der Waals surface area contributed by atoms with Gasteiger partial charge in [0.25, 0.3) is 0 Å². The van der Waals surface area contributed by atoms with Crippen molar-refractivity contribution in [2.45, 2.75) is 13.5 Å². The fourth-order valence-electron chi connectivity index (χ4n) is 3.31. The second-order valence-corrected chi connectivity index (χ2v) is 6.52. The molecule has 0 radical (unpaired) electrons. The van der Waals surface area contributed by atoms with Gasteiger partial charge < -0.3 is 19.1 Å². The maximum Gasteiger partial charge on any atom is 0.320 e. The highest BCUT2D eigenvalue weighted by Crippen LogP contribution is 2.35. The van der Waals surface area contributed by atoms with Gasteiger partial charge in [-0.25, -0.2) is 0 Å². The number of hydrogen-bond donors (Lipinski definition) is 0. The van der Waals surface area contributed by atoms with Crippen LogP contribution >= 0.6 is 0 Å².